The standard InChI is InChI=1S/C17H23N5O3/c1-5-24-16-7-6-15(19-20-16)22-13(4)14(8-18-22)17(23)21-9-11(2)25-12(3)10-21/h6-8,11-12H,5,9-10H2,1-4H3/t11-,12-/m0/s1. The summed E-state index contributed by atoms with van der Waals surface area (Å²) in [6.07, 6.45) is 1.64. The van der Waals surface area contributed by atoms with Crippen LogP contribution in [0.25, 0.3) is 5.82 Å². The summed E-state index contributed by atoms with van der Waals surface area (Å²) in [5, 5.41) is 12.4. The van der Waals surface area contributed by atoms with Crippen LogP contribution in [0.5, 0.6) is 5.88 Å². The van der Waals surface area contributed by atoms with Gasteiger partial charge in [-0.1, -0.05) is 0 Å². The van der Waals surface area contributed by atoms with Gasteiger partial charge in [0.2, 0.25) is 5.88 Å². The normalized spacial score (nSPS) is 20.6. The Kier molecular flexibility index (Phi) is 4.98. The molecule has 0 aliphatic carbocycles. The van der Waals surface area contributed by atoms with E-state index < -0.39 is 0 Å². The van der Waals surface area contributed by atoms with Gasteiger partial charge in [-0.2, -0.15) is 5.10 Å². The maximum atomic E-state index is 12.9. The summed E-state index contributed by atoms with van der Waals surface area (Å²) in [6.45, 7) is 9.38. The molecule has 2 aromatic heterocycles. The van der Waals surface area contributed by atoms with E-state index >= 15 is 0 Å². The Hall–Kier alpha value is -2.48. The highest BCUT2D eigenvalue weighted by molar-refractivity contribution is 5.95. The van der Waals surface area contributed by atoms with Crippen molar-refractivity contribution in [2.24, 2.45) is 0 Å². The Labute approximate surface area is 146 Å². The van der Waals surface area contributed by atoms with E-state index in [1.165, 1.54) is 0 Å². The zero-order valence-electron chi connectivity index (χ0n) is 15.0. The molecule has 0 unspecified atom stereocenters. The number of aromatic nitrogens is 4. The van der Waals surface area contributed by atoms with Crippen LogP contribution in [0.4, 0.5) is 0 Å². The molecular weight excluding hydrogens is 322 g/mol. The molecule has 2 atom stereocenters. The predicted octanol–water partition coefficient (Wildman–Crippen LogP) is 1.62. The molecule has 134 valence electrons. The number of ether oxygens (including phenoxy) is 2. The average molecular weight is 345 g/mol. The molecule has 0 N–H and O–H groups in total. The first-order valence-electron chi connectivity index (χ1n) is 8.45. The van der Waals surface area contributed by atoms with E-state index in [1.54, 1.807) is 23.0 Å². The molecule has 1 saturated heterocycles. The second-order valence-electron chi connectivity index (χ2n) is 6.19. The molecule has 1 fully saturated rings. The smallest absolute Gasteiger partial charge is 0.257 e. The van der Waals surface area contributed by atoms with Crippen LogP contribution in [0.15, 0.2) is 18.3 Å². The van der Waals surface area contributed by atoms with Gasteiger partial charge in [-0.25, -0.2) is 4.68 Å². The summed E-state index contributed by atoms with van der Waals surface area (Å²) in [5.41, 5.74) is 1.30. The van der Waals surface area contributed by atoms with Gasteiger partial charge in [0, 0.05) is 19.2 Å². The van der Waals surface area contributed by atoms with Crippen LogP contribution >= 0.6 is 0 Å². The van der Waals surface area contributed by atoms with Gasteiger partial charge in [0.1, 0.15) is 0 Å². The Morgan fingerprint density at radius 3 is 2.60 bits per heavy atom. The summed E-state index contributed by atoms with van der Waals surface area (Å²) >= 11 is 0. The van der Waals surface area contributed by atoms with Gasteiger partial charge in [-0.05, 0) is 33.8 Å². The van der Waals surface area contributed by atoms with Gasteiger partial charge in [-0.3, -0.25) is 4.79 Å². The van der Waals surface area contributed by atoms with Crippen molar-refractivity contribution in [3.63, 3.8) is 0 Å². The van der Waals surface area contributed by atoms with Crippen LogP contribution in [-0.2, 0) is 4.74 Å². The number of hydrogen-bond acceptors (Lipinski definition) is 6. The molecule has 3 rings (SSSR count). The quantitative estimate of drug-likeness (QED) is 0.837. The molecule has 2 aromatic rings. The molecule has 25 heavy (non-hydrogen) atoms. The van der Waals surface area contributed by atoms with E-state index in [1.807, 2.05) is 32.6 Å². The SMILES string of the molecule is CCOc1ccc(-n2ncc(C(=O)N3C[C@H](C)O[C@@H](C)C3)c2C)nn1. The van der Waals surface area contributed by atoms with Gasteiger partial charge >= 0.3 is 0 Å². The number of nitrogens with zero attached hydrogens (tertiary/aromatic N) is 5. The minimum atomic E-state index is -0.0374. The number of carbonyl (C=O) groups excluding carboxylic acids is 1. The van der Waals surface area contributed by atoms with Crippen molar-refractivity contribution >= 4 is 5.91 Å². The van der Waals surface area contributed by atoms with Crippen LogP contribution < -0.4 is 4.74 Å². The number of amides is 1. The van der Waals surface area contributed by atoms with Crippen molar-refractivity contribution in [1.29, 1.82) is 0 Å². The zero-order valence-corrected chi connectivity index (χ0v) is 15.0. The highest BCUT2D eigenvalue weighted by atomic mass is 16.5. The summed E-state index contributed by atoms with van der Waals surface area (Å²) < 4.78 is 12.6. The van der Waals surface area contributed by atoms with Crippen LogP contribution in [0.1, 0.15) is 36.8 Å². The van der Waals surface area contributed by atoms with E-state index in [2.05, 4.69) is 15.3 Å². The first-order chi connectivity index (χ1) is 12.0. The Morgan fingerprint density at radius 2 is 2.00 bits per heavy atom. The summed E-state index contributed by atoms with van der Waals surface area (Å²) in [6, 6.07) is 3.50. The third-order valence-corrected chi connectivity index (χ3v) is 4.08. The number of hydrogen-bond donors (Lipinski definition) is 0. The van der Waals surface area contributed by atoms with Gasteiger partial charge in [0.25, 0.3) is 5.91 Å². The minimum Gasteiger partial charge on any atom is -0.477 e. The van der Waals surface area contributed by atoms with Gasteiger partial charge < -0.3 is 14.4 Å². The lowest BCUT2D eigenvalue weighted by atomic mass is 10.1. The highest BCUT2D eigenvalue weighted by Gasteiger charge is 2.28. The summed E-state index contributed by atoms with van der Waals surface area (Å²) in [7, 11) is 0. The second kappa shape index (κ2) is 7.18. The first-order valence-corrected chi connectivity index (χ1v) is 8.45. The fourth-order valence-electron chi connectivity index (χ4n) is 3.02. The number of rotatable bonds is 4. The Morgan fingerprint density at radius 1 is 1.28 bits per heavy atom. The van der Waals surface area contributed by atoms with Gasteiger partial charge in [0.05, 0.1) is 36.3 Å². The second-order valence-corrected chi connectivity index (χ2v) is 6.19. The Balaban J connectivity index is 1.82. The van der Waals surface area contributed by atoms with E-state index in [9.17, 15) is 4.79 Å². The lowest BCUT2D eigenvalue weighted by Gasteiger charge is -2.35. The molecule has 0 bridgehead atoms. The molecule has 0 radical (unpaired) electrons. The van der Waals surface area contributed by atoms with Crippen molar-refractivity contribution in [2.45, 2.75) is 39.9 Å². The molecule has 1 aliphatic heterocycles. The van der Waals surface area contributed by atoms with Gasteiger partial charge in [-0.15, -0.1) is 10.2 Å². The summed E-state index contributed by atoms with van der Waals surface area (Å²) in [4.78, 5) is 14.7. The van der Waals surface area contributed by atoms with Crippen molar-refractivity contribution in [3.8, 4) is 11.7 Å². The van der Waals surface area contributed by atoms with E-state index in [4.69, 9.17) is 9.47 Å². The maximum Gasteiger partial charge on any atom is 0.257 e. The topological polar surface area (TPSA) is 82.4 Å². The van der Waals surface area contributed by atoms with Crippen molar-refractivity contribution < 1.29 is 14.3 Å². The lowest BCUT2D eigenvalue weighted by Crippen LogP contribution is -2.48. The maximum absolute atomic E-state index is 12.9. The molecule has 8 nitrogen and oxygen atoms in total. The lowest BCUT2D eigenvalue weighted by molar-refractivity contribution is -0.0586. The third kappa shape index (κ3) is 3.63. The van der Waals surface area contributed by atoms with Crippen molar-refractivity contribution in [3.05, 3.63) is 29.6 Å². The monoisotopic (exact) mass is 345 g/mol. The van der Waals surface area contributed by atoms with Gasteiger partial charge in [0.15, 0.2) is 5.82 Å². The molecule has 8 heteroatoms. The average Bonchev–Trinajstić information content (AvgIpc) is 2.96. The van der Waals surface area contributed by atoms with E-state index in [-0.39, 0.29) is 18.1 Å². The van der Waals surface area contributed by atoms with Crippen LogP contribution in [-0.4, -0.2) is 62.7 Å². The molecule has 3 heterocycles. The number of morpholine rings is 1. The van der Waals surface area contributed by atoms with Crippen LogP contribution in [0, 0.1) is 6.92 Å². The highest BCUT2D eigenvalue weighted by Crippen LogP contribution is 2.18. The molecule has 0 saturated carbocycles. The fourth-order valence-corrected chi connectivity index (χ4v) is 3.02. The molecular formula is C17H23N5O3. The molecule has 0 spiro atoms. The summed E-state index contributed by atoms with van der Waals surface area (Å²) in [5.74, 6) is 0.969. The number of carbonyl (C=O) groups is 1. The largest absolute Gasteiger partial charge is 0.477 e. The molecule has 1 aliphatic rings. The van der Waals surface area contributed by atoms with Crippen molar-refractivity contribution in [1.82, 2.24) is 24.9 Å². The molecule has 0 aromatic carbocycles. The molecule has 1 amide bonds. The minimum absolute atomic E-state index is 0.0278. The van der Waals surface area contributed by atoms with E-state index in [0.717, 1.165) is 5.69 Å². The van der Waals surface area contributed by atoms with Crippen molar-refractivity contribution in [2.75, 3.05) is 19.7 Å². The third-order valence-electron chi connectivity index (χ3n) is 4.08. The first kappa shape index (κ1) is 17.3. The predicted molar refractivity (Wildman–Crippen MR) is 91.0 cm³/mol. The van der Waals surface area contributed by atoms with Crippen LogP contribution in [0.3, 0.4) is 0 Å². The Bertz CT molecular complexity index is 733. The zero-order chi connectivity index (χ0) is 18.0. The fraction of sp³-hybridized carbons (Fsp3) is 0.529. The van der Waals surface area contributed by atoms with E-state index in [0.29, 0.717) is 37.0 Å². The van der Waals surface area contributed by atoms with Crippen LogP contribution in [0.2, 0.25) is 0 Å².